The van der Waals surface area contributed by atoms with Crippen molar-refractivity contribution in [2.24, 2.45) is 0 Å². The molecule has 2 heterocycles. The third kappa shape index (κ3) is 2.93. The Morgan fingerprint density at radius 1 is 1.69 bits per heavy atom. The molecular weight excluding hydrogens is 272 g/mol. The predicted molar refractivity (Wildman–Crippen MR) is 64.6 cm³/mol. The van der Waals surface area contributed by atoms with Gasteiger partial charge in [-0.1, -0.05) is 0 Å². The van der Waals surface area contributed by atoms with E-state index >= 15 is 0 Å². The minimum Gasteiger partial charge on any atom is -0.472 e. The Kier molecular flexibility index (Phi) is 4.15. The van der Waals surface area contributed by atoms with Gasteiger partial charge in [-0.25, -0.2) is 4.98 Å². The highest BCUT2D eigenvalue weighted by Gasteiger charge is 2.19. The lowest BCUT2D eigenvalue weighted by molar-refractivity contribution is 0.137. The van der Waals surface area contributed by atoms with Crippen molar-refractivity contribution in [2.45, 2.75) is 19.1 Å². The maximum absolute atomic E-state index is 5.82. The quantitative estimate of drug-likeness (QED) is 0.916. The molecule has 1 aliphatic heterocycles. The van der Waals surface area contributed by atoms with Crippen molar-refractivity contribution in [3.8, 4) is 5.88 Å². The fourth-order valence-corrected chi connectivity index (χ4v) is 2.03. The summed E-state index contributed by atoms with van der Waals surface area (Å²) in [5, 5.41) is 3.10. The van der Waals surface area contributed by atoms with Gasteiger partial charge in [0.25, 0.3) is 0 Å². The van der Waals surface area contributed by atoms with Crippen molar-refractivity contribution in [2.75, 3.05) is 20.3 Å². The first-order valence-corrected chi connectivity index (χ1v) is 6.12. The predicted octanol–water partition coefficient (Wildman–Crippen LogP) is 1.73. The lowest BCUT2D eigenvalue weighted by atomic mass is 10.2. The molecule has 1 aromatic heterocycles. The Hall–Kier alpha value is -0.650. The third-order valence-corrected chi connectivity index (χ3v) is 2.86. The molecule has 1 saturated heterocycles. The highest BCUT2D eigenvalue weighted by Crippen LogP contribution is 2.22. The summed E-state index contributed by atoms with van der Waals surface area (Å²) in [7, 11) is 1.91. The molecule has 0 radical (unpaired) electrons. The summed E-state index contributed by atoms with van der Waals surface area (Å²) in [6.07, 6.45) is 2.84. The van der Waals surface area contributed by atoms with Crippen molar-refractivity contribution in [1.82, 2.24) is 10.3 Å². The minimum absolute atomic E-state index is 0.143. The second kappa shape index (κ2) is 5.61. The molecule has 88 valence electrons. The molecule has 1 aliphatic rings. The van der Waals surface area contributed by atoms with Gasteiger partial charge < -0.3 is 14.8 Å². The van der Waals surface area contributed by atoms with Crippen molar-refractivity contribution >= 4 is 15.9 Å². The average molecular weight is 287 g/mol. The molecule has 1 fully saturated rings. The van der Waals surface area contributed by atoms with Gasteiger partial charge in [0.2, 0.25) is 5.88 Å². The fourth-order valence-electron chi connectivity index (χ4n) is 1.66. The van der Waals surface area contributed by atoms with E-state index in [0.29, 0.717) is 12.5 Å². The molecular formula is C11H15BrN2O2. The van der Waals surface area contributed by atoms with Crippen LogP contribution in [0.1, 0.15) is 12.0 Å². The molecule has 16 heavy (non-hydrogen) atoms. The topological polar surface area (TPSA) is 43.4 Å². The molecule has 1 unspecified atom stereocenters. The van der Waals surface area contributed by atoms with E-state index in [9.17, 15) is 0 Å². The van der Waals surface area contributed by atoms with E-state index in [1.54, 1.807) is 6.20 Å². The lowest BCUT2D eigenvalue weighted by Gasteiger charge is -2.14. The van der Waals surface area contributed by atoms with E-state index in [1.807, 2.05) is 13.1 Å². The first-order chi connectivity index (χ1) is 7.79. The van der Waals surface area contributed by atoms with Crippen LogP contribution in [-0.4, -0.2) is 31.3 Å². The van der Waals surface area contributed by atoms with Crippen LogP contribution < -0.4 is 10.1 Å². The van der Waals surface area contributed by atoms with Crippen LogP contribution >= 0.6 is 15.9 Å². The monoisotopic (exact) mass is 286 g/mol. The number of rotatable bonds is 4. The highest BCUT2D eigenvalue weighted by atomic mass is 79.9. The van der Waals surface area contributed by atoms with Crippen LogP contribution in [0.2, 0.25) is 0 Å². The summed E-state index contributed by atoms with van der Waals surface area (Å²) in [4.78, 5) is 4.30. The van der Waals surface area contributed by atoms with Gasteiger partial charge in [0, 0.05) is 29.2 Å². The molecule has 0 bridgehead atoms. The van der Waals surface area contributed by atoms with Crippen LogP contribution in [-0.2, 0) is 11.3 Å². The van der Waals surface area contributed by atoms with Gasteiger partial charge in [-0.2, -0.15) is 0 Å². The number of nitrogens with one attached hydrogen (secondary N) is 1. The van der Waals surface area contributed by atoms with Gasteiger partial charge in [0.1, 0.15) is 6.10 Å². The molecule has 0 aliphatic carbocycles. The van der Waals surface area contributed by atoms with E-state index < -0.39 is 0 Å². The van der Waals surface area contributed by atoms with Crippen LogP contribution in [0.5, 0.6) is 5.88 Å². The number of pyridine rings is 1. The van der Waals surface area contributed by atoms with Gasteiger partial charge in [0.15, 0.2) is 0 Å². The highest BCUT2D eigenvalue weighted by molar-refractivity contribution is 9.10. The molecule has 0 aromatic carbocycles. The summed E-state index contributed by atoms with van der Waals surface area (Å²) >= 11 is 3.41. The molecule has 4 nitrogen and oxygen atoms in total. The maximum atomic E-state index is 5.82. The van der Waals surface area contributed by atoms with Crippen LogP contribution in [0.15, 0.2) is 16.7 Å². The Morgan fingerprint density at radius 3 is 3.25 bits per heavy atom. The molecule has 2 rings (SSSR count). The minimum atomic E-state index is 0.143. The summed E-state index contributed by atoms with van der Waals surface area (Å²) in [5.74, 6) is 0.702. The summed E-state index contributed by atoms with van der Waals surface area (Å²) in [6, 6.07) is 2.02. The molecule has 0 amide bonds. The number of ether oxygens (including phenoxy) is 2. The zero-order valence-electron chi connectivity index (χ0n) is 9.20. The van der Waals surface area contributed by atoms with E-state index in [4.69, 9.17) is 9.47 Å². The van der Waals surface area contributed by atoms with Gasteiger partial charge in [0.05, 0.1) is 13.2 Å². The van der Waals surface area contributed by atoms with Crippen LogP contribution in [0.25, 0.3) is 0 Å². The Morgan fingerprint density at radius 2 is 2.56 bits per heavy atom. The van der Waals surface area contributed by atoms with Crippen LogP contribution in [0, 0.1) is 0 Å². The number of halogens is 1. The van der Waals surface area contributed by atoms with Crippen LogP contribution in [0.4, 0.5) is 0 Å². The molecule has 1 atom stereocenters. The first kappa shape index (κ1) is 11.8. The third-order valence-electron chi connectivity index (χ3n) is 2.43. The molecule has 0 spiro atoms. The van der Waals surface area contributed by atoms with Gasteiger partial charge in [-0.05, 0) is 29.0 Å². The van der Waals surface area contributed by atoms with E-state index in [1.165, 1.54) is 0 Å². The van der Waals surface area contributed by atoms with Gasteiger partial charge >= 0.3 is 0 Å². The van der Waals surface area contributed by atoms with Gasteiger partial charge in [-0.15, -0.1) is 0 Å². The number of hydrogen-bond acceptors (Lipinski definition) is 4. The molecule has 1 aromatic rings. The molecule has 0 saturated carbocycles. The van der Waals surface area contributed by atoms with Crippen molar-refractivity contribution in [3.63, 3.8) is 0 Å². The lowest BCUT2D eigenvalue weighted by Crippen LogP contribution is -2.18. The molecule has 1 N–H and O–H groups in total. The standard InChI is InChI=1S/C11H15BrN2O2/c1-13-5-8-4-9(12)6-14-11(8)16-10-2-3-15-7-10/h4,6,10,13H,2-3,5,7H2,1H3. The summed E-state index contributed by atoms with van der Waals surface area (Å²) < 4.78 is 12.1. The Labute approximate surface area is 103 Å². The number of aromatic nitrogens is 1. The smallest absolute Gasteiger partial charge is 0.218 e. The maximum Gasteiger partial charge on any atom is 0.218 e. The fraction of sp³-hybridized carbons (Fsp3) is 0.545. The van der Waals surface area contributed by atoms with E-state index in [0.717, 1.165) is 29.6 Å². The second-order valence-corrected chi connectivity index (χ2v) is 4.67. The average Bonchev–Trinajstić information content (AvgIpc) is 2.75. The van der Waals surface area contributed by atoms with Gasteiger partial charge in [-0.3, -0.25) is 0 Å². The van der Waals surface area contributed by atoms with E-state index in [2.05, 4.69) is 26.2 Å². The second-order valence-electron chi connectivity index (χ2n) is 3.75. The van der Waals surface area contributed by atoms with Crippen molar-refractivity contribution < 1.29 is 9.47 Å². The largest absolute Gasteiger partial charge is 0.472 e. The van der Waals surface area contributed by atoms with Crippen molar-refractivity contribution in [1.29, 1.82) is 0 Å². The zero-order chi connectivity index (χ0) is 11.4. The summed E-state index contributed by atoms with van der Waals surface area (Å²) in [6.45, 7) is 2.19. The SMILES string of the molecule is CNCc1cc(Br)cnc1OC1CCOC1. The number of nitrogens with zero attached hydrogens (tertiary/aromatic N) is 1. The zero-order valence-corrected chi connectivity index (χ0v) is 10.8. The Bertz CT molecular complexity index is 354. The normalized spacial score (nSPS) is 20.0. The summed E-state index contributed by atoms with van der Waals surface area (Å²) in [5.41, 5.74) is 1.06. The van der Waals surface area contributed by atoms with Crippen molar-refractivity contribution in [3.05, 3.63) is 22.3 Å². The first-order valence-electron chi connectivity index (χ1n) is 5.33. The van der Waals surface area contributed by atoms with Crippen LogP contribution in [0.3, 0.4) is 0 Å². The molecule has 5 heteroatoms. The Balaban J connectivity index is 2.11. The van der Waals surface area contributed by atoms with E-state index in [-0.39, 0.29) is 6.10 Å². The number of hydrogen-bond donors (Lipinski definition) is 1.